The molecule has 3 aliphatic heterocycles. The number of nitrogens with one attached hydrogen (secondary N) is 4. The van der Waals surface area contributed by atoms with Gasteiger partial charge in [-0.05, 0) is 42.2 Å². The zero-order valence-corrected chi connectivity index (χ0v) is 19.3. The van der Waals surface area contributed by atoms with Gasteiger partial charge in [0, 0.05) is 19.5 Å². The molecule has 9 nitrogen and oxygen atoms in total. The number of anilines is 1. The van der Waals surface area contributed by atoms with Crippen molar-refractivity contribution in [3.05, 3.63) is 59.2 Å². The molecule has 3 heterocycles. The van der Waals surface area contributed by atoms with Crippen LogP contribution in [0.15, 0.2) is 42.5 Å². The summed E-state index contributed by atoms with van der Waals surface area (Å²) in [5.74, 6) is -1.89. The SMILES string of the molecule is COc1ccc(C)cc1NC(=O)C1CC(=O)NC2NC(N3CCc4ccccc4C3)NC(=O)C21. The van der Waals surface area contributed by atoms with Crippen LogP contribution in [0.5, 0.6) is 5.75 Å². The number of piperidine rings is 1. The predicted octanol–water partition coefficient (Wildman–Crippen LogP) is 1.08. The van der Waals surface area contributed by atoms with Gasteiger partial charge in [-0.3, -0.25) is 24.6 Å². The maximum Gasteiger partial charge on any atom is 0.229 e. The topological polar surface area (TPSA) is 112 Å². The predicted molar refractivity (Wildman–Crippen MR) is 126 cm³/mol. The number of rotatable bonds is 4. The van der Waals surface area contributed by atoms with Gasteiger partial charge in [-0.2, -0.15) is 0 Å². The number of benzene rings is 2. The molecular weight excluding hydrogens is 434 g/mol. The van der Waals surface area contributed by atoms with Crippen LogP contribution in [0.4, 0.5) is 5.69 Å². The molecule has 2 aromatic carbocycles. The Balaban J connectivity index is 1.32. The average molecular weight is 464 g/mol. The van der Waals surface area contributed by atoms with Crippen molar-refractivity contribution < 1.29 is 19.1 Å². The Labute approximate surface area is 198 Å². The van der Waals surface area contributed by atoms with E-state index in [-0.39, 0.29) is 24.1 Å². The zero-order chi connectivity index (χ0) is 23.8. The fraction of sp³-hybridized carbons (Fsp3) is 0.400. The van der Waals surface area contributed by atoms with Crippen LogP contribution < -0.4 is 26.0 Å². The van der Waals surface area contributed by atoms with Gasteiger partial charge in [0.05, 0.1) is 30.8 Å². The first-order valence-corrected chi connectivity index (χ1v) is 11.5. The van der Waals surface area contributed by atoms with Gasteiger partial charge < -0.3 is 20.7 Å². The Morgan fingerprint density at radius 1 is 1.12 bits per heavy atom. The maximum absolute atomic E-state index is 13.2. The number of amides is 3. The third kappa shape index (κ3) is 4.24. The highest BCUT2D eigenvalue weighted by Gasteiger charge is 2.49. The minimum Gasteiger partial charge on any atom is -0.495 e. The van der Waals surface area contributed by atoms with E-state index in [1.807, 2.05) is 25.1 Å². The van der Waals surface area contributed by atoms with Crippen LogP contribution in [0, 0.1) is 18.8 Å². The molecule has 34 heavy (non-hydrogen) atoms. The Bertz CT molecular complexity index is 1140. The quantitative estimate of drug-likeness (QED) is 0.540. The second kappa shape index (κ2) is 9.08. The summed E-state index contributed by atoms with van der Waals surface area (Å²) in [5.41, 5.74) is 4.01. The van der Waals surface area contributed by atoms with Crippen LogP contribution in [0.3, 0.4) is 0 Å². The number of carbonyl (C=O) groups excluding carboxylic acids is 3. The minimum absolute atomic E-state index is 0.0576. The Morgan fingerprint density at radius 3 is 2.71 bits per heavy atom. The molecule has 0 aliphatic carbocycles. The number of aryl methyl sites for hydroxylation is 1. The summed E-state index contributed by atoms with van der Waals surface area (Å²) in [7, 11) is 1.53. The molecule has 2 saturated heterocycles. The minimum atomic E-state index is -0.806. The fourth-order valence-electron chi connectivity index (χ4n) is 5.14. The Kier molecular flexibility index (Phi) is 5.97. The molecule has 3 amide bonds. The van der Waals surface area contributed by atoms with Crippen molar-refractivity contribution in [2.75, 3.05) is 19.0 Å². The fourth-order valence-corrected chi connectivity index (χ4v) is 5.14. The van der Waals surface area contributed by atoms with Crippen LogP contribution in [-0.2, 0) is 27.3 Å². The summed E-state index contributed by atoms with van der Waals surface area (Å²) in [5, 5.41) is 12.1. The molecular formula is C25H29N5O4. The van der Waals surface area contributed by atoms with Crippen molar-refractivity contribution in [3.8, 4) is 5.75 Å². The molecule has 4 unspecified atom stereocenters. The standard InChI is InChI=1S/C25H29N5O4/c1-14-7-8-19(34-2)18(11-14)26-23(32)17-12-20(31)27-22-21(17)24(33)29-25(28-22)30-10-9-15-5-3-4-6-16(15)13-30/h3-8,11,17,21-22,25,28H,9-10,12-13H2,1-2H3,(H,26,32)(H,27,31)(H,29,33). The number of nitrogens with zero attached hydrogens (tertiary/aromatic N) is 1. The number of carbonyl (C=O) groups is 3. The highest BCUT2D eigenvalue weighted by atomic mass is 16.5. The lowest BCUT2D eigenvalue weighted by Crippen LogP contribution is -2.74. The highest BCUT2D eigenvalue weighted by molar-refractivity contribution is 6.01. The Hall–Kier alpha value is -3.43. The number of ether oxygens (including phenoxy) is 1. The van der Waals surface area contributed by atoms with E-state index < -0.39 is 24.3 Å². The van der Waals surface area contributed by atoms with E-state index in [2.05, 4.69) is 38.3 Å². The molecule has 0 saturated carbocycles. The highest BCUT2D eigenvalue weighted by Crippen LogP contribution is 2.31. The molecule has 0 aromatic heterocycles. The molecule has 0 bridgehead atoms. The van der Waals surface area contributed by atoms with Gasteiger partial charge >= 0.3 is 0 Å². The summed E-state index contributed by atoms with van der Waals surface area (Å²) in [6.07, 6.45) is -0.236. The molecule has 2 fully saturated rings. The van der Waals surface area contributed by atoms with E-state index >= 15 is 0 Å². The molecule has 3 aliphatic rings. The smallest absolute Gasteiger partial charge is 0.229 e. The van der Waals surface area contributed by atoms with Gasteiger partial charge in [0.25, 0.3) is 0 Å². The van der Waals surface area contributed by atoms with E-state index in [1.54, 1.807) is 12.1 Å². The molecule has 9 heteroatoms. The van der Waals surface area contributed by atoms with E-state index in [0.717, 1.165) is 18.5 Å². The lowest BCUT2D eigenvalue weighted by atomic mass is 9.81. The van der Waals surface area contributed by atoms with Crippen molar-refractivity contribution in [2.45, 2.75) is 38.8 Å². The monoisotopic (exact) mass is 463 g/mol. The van der Waals surface area contributed by atoms with E-state index in [0.29, 0.717) is 18.0 Å². The third-order valence-corrected chi connectivity index (χ3v) is 6.91. The number of hydrogen-bond donors (Lipinski definition) is 4. The molecule has 4 atom stereocenters. The lowest BCUT2D eigenvalue weighted by molar-refractivity contribution is -0.147. The molecule has 2 aromatic rings. The van der Waals surface area contributed by atoms with Crippen molar-refractivity contribution in [1.29, 1.82) is 0 Å². The third-order valence-electron chi connectivity index (χ3n) is 6.91. The first-order chi connectivity index (χ1) is 16.4. The molecule has 4 N–H and O–H groups in total. The van der Waals surface area contributed by atoms with Crippen molar-refractivity contribution >= 4 is 23.4 Å². The number of methoxy groups -OCH3 is 1. The van der Waals surface area contributed by atoms with Gasteiger partial charge in [-0.15, -0.1) is 0 Å². The van der Waals surface area contributed by atoms with Crippen LogP contribution in [-0.4, -0.2) is 48.7 Å². The first-order valence-electron chi connectivity index (χ1n) is 11.5. The average Bonchev–Trinajstić information content (AvgIpc) is 2.83. The molecule has 0 spiro atoms. The van der Waals surface area contributed by atoms with Crippen LogP contribution >= 0.6 is 0 Å². The van der Waals surface area contributed by atoms with Gasteiger partial charge in [-0.25, -0.2) is 0 Å². The zero-order valence-electron chi connectivity index (χ0n) is 19.3. The van der Waals surface area contributed by atoms with Crippen molar-refractivity contribution in [1.82, 2.24) is 20.9 Å². The van der Waals surface area contributed by atoms with Gasteiger partial charge in [0.15, 0.2) is 0 Å². The summed E-state index contributed by atoms with van der Waals surface area (Å²) >= 11 is 0. The number of fused-ring (bicyclic) bond motifs is 2. The maximum atomic E-state index is 13.2. The van der Waals surface area contributed by atoms with Crippen molar-refractivity contribution in [2.24, 2.45) is 11.8 Å². The van der Waals surface area contributed by atoms with Gasteiger partial charge in [0.2, 0.25) is 17.7 Å². The molecule has 0 radical (unpaired) electrons. The number of hydrogen-bond acceptors (Lipinski definition) is 6. The Morgan fingerprint density at radius 2 is 1.91 bits per heavy atom. The molecule has 5 rings (SSSR count). The van der Waals surface area contributed by atoms with E-state index in [9.17, 15) is 14.4 Å². The summed E-state index contributed by atoms with van der Waals surface area (Å²) < 4.78 is 5.35. The second-order valence-electron chi connectivity index (χ2n) is 9.14. The van der Waals surface area contributed by atoms with Crippen LogP contribution in [0.25, 0.3) is 0 Å². The van der Waals surface area contributed by atoms with E-state index in [1.165, 1.54) is 18.2 Å². The molecule has 178 valence electrons. The van der Waals surface area contributed by atoms with Gasteiger partial charge in [0.1, 0.15) is 12.0 Å². The summed E-state index contributed by atoms with van der Waals surface area (Å²) in [4.78, 5) is 41.2. The summed E-state index contributed by atoms with van der Waals surface area (Å²) in [6.45, 7) is 3.38. The largest absolute Gasteiger partial charge is 0.495 e. The van der Waals surface area contributed by atoms with Crippen LogP contribution in [0.1, 0.15) is 23.1 Å². The normalized spacial score (nSPS) is 26.5. The van der Waals surface area contributed by atoms with Gasteiger partial charge in [-0.1, -0.05) is 30.3 Å². The van der Waals surface area contributed by atoms with Crippen molar-refractivity contribution in [3.63, 3.8) is 0 Å². The first kappa shape index (κ1) is 22.4. The second-order valence-corrected chi connectivity index (χ2v) is 9.14. The lowest BCUT2D eigenvalue weighted by Gasteiger charge is -2.47. The van der Waals surface area contributed by atoms with E-state index in [4.69, 9.17) is 4.74 Å². The van der Waals surface area contributed by atoms with Crippen LogP contribution in [0.2, 0.25) is 0 Å². The summed E-state index contributed by atoms with van der Waals surface area (Å²) in [6, 6.07) is 13.7.